The van der Waals surface area contributed by atoms with Crippen LogP contribution in [0.3, 0.4) is 0 Å². The molecule has 0 spiro atoms. The number of aryl methyl sites for hydroxylation is 1. The lowest BCUT2D eigenvalue weighted by Crippen LogP contribution is -2.38. The first-order valence-corrected chi connectivity index (χ1v) is 9.56. The number of likely N-dealkylation sites (N-methyl/N-ethyl adjacent to an activating group) is 2. The van der Waals surface area contributed by atoms with Gasteiger partial charge in [-0.1, -0.05) is 6.42 Å². The van der Waals surface area contributed by atoms with Crippen LogP contribution in [0.1, 0.15) is 40.1 Å². The second-order valence-corrected chi connectivity index (χ2v) is 7.87. The van der Waals surface area contributed by atoms with E-state index in [0.29, 0.717) is 10.6 Å². The maximum Gasteiger partial charge on any atom is 0.341 e. The van der Waals surface area contributed by atoms with Crippen molar-refractivity contribution in [3.63, 3.8) is 0 Å². The van der Waals surface area contributed by atoms with Crippen LogP contribution in [-0.2, 0) is 27.2 Å². The molecule has 0 aliphatic heterocycles. The van der Waals surface area contributed by atoms with Gasteiger partial charge in [0.05, 0.1) is 25.8 Å². The van der Waals surface area contributed by atoms with Crippen molar-refractivity contribution in [1.29, 1.82) is 0 Å². The Kier molecular flexibility index (Phi) is 7.16. The Balaban J connectivity index is 2.12. The maximum absolute atomic E-state index is 12.4. The minimum atomic E-state index is -0.407. The van der Waals surface area contributed by atoms with Gasteiger partial charge in [0.2, 0.25) is 11.8 Å². The molecule has 1 heterocycles. The molecule has 26 heavy (non-hydrogen) atoms. The number of thiophene rings is 1. The van der Waals surface area contributed by atoms with Crippen LogP contribution in [0.15, 0.2) is 0 Å². The highest BCUT2D eigenvalue weighted by molar-refractivity contribution is 7.17. The van der Waals surface area contributed by atoms with Gasteiger partial charge in [-0.05, 0) is 38.3 Å². The van der Waals surface area contributed by atoms with Crippen molar-refractivity contribution >= 4 is 34.1 Å². The average molecular weight is 381 g/mol. The number of nitrogens with one attached hydrogen (secondary N) is 1. The maximum atomic E-state index is 12.4. The molecule has 2 amide bonds. The molecule has 7 nitrogen and oxygen atoms in total. The van der Waals surface area contributed by atoms with Crippen LogP contribution in [0.5, 0.6) is 0 Å². The lowest BCUT2D eigenvalue weighted by molar-refractivity contribution is -0.130. The quantitative estimate of drug-likeness (QED) is 0.600. The van der Waals surface area contributed by atoms with Gasteiger partial charge in [0.15, 0.2) is 0 Å². The van der Waals surface area contributed by atoms with Crippen LogP contribution >= 0.6 is 11.3 Å². The third-order valence-electron chi connectivity index (χ3n) is 4.38. The fourth-order valence-corrected chi connectivity index (χ4v) is 4.28. The number of hydrogen-bond acceptors (Lipinski definition) is 6. The Morgan fingerprint density at radius 3 is 2.42 bits per heavy atom. The van der Waals surface area contributed by atoms with Crippen LogP contribution in [-0.4, -0.2) is 68.9 Å². The number of carbonyl (C=O) groups is 3. The summed E-state index contributed by atoms with van der Waals surface area (Å²) in [6.07, 6.45) is 5.04. The standard InChI is InChI=1S/C18H27N3O4S/c1-20(2)15(23)11-21(3)10-14(22)19-17-16(18(24)25-4)12-8-6-5-7-9-13(12)26-17/h5-11H2,1-4H3,(H,19,22). The number of ether oxygens (including phenoxy) is 1. The number of rotatable bonds is 6. The molecule has 0 saturated carbocycles. The smallest absolute Gasteiger partial charge is 0.341 e. The van der Waals surface area contributed by atoms with Crippen molar-refractivity contribution in [3.8, 4) is 0 Å². The van der Waals surface area contributed by atoms with Gasteiger partial charge in [-0.3, -0.25) is 14.5 Å². The zero-order chi connectivity index (χ0) is 19.3. The average Bonchev–Trinajstić information content (AvgIpc) is 2.75. The highest BCUT2D eigenvalue weighted by Gasteiger charge is 2.26. The number of carbonyl (C=O) groups excluding carboxylic acids is 3. The summed E-state index contributed by atoms with van der Waals surface area (Å²) in [5.41, 5.74) is 1.51. The first kappa shape index (κ1) is 20.4. The minimum absolute atomic E-state index is 0.0709. The molecule has 1 aromatic heterocycles. The van der Waals surface area contributed by atoms with Crippen molar-refractivity contribution < 1.29 is 19.1 Å². The topological polar surface area (TPSA) is 79.0 Å². The lowest BCUT2D eigenvalue weighted by Gasteiger charge is -2.18. The molecule has 0 fully saturated rings. The van der Waals surface area contributed by atoms with E-state index < -0.39 is 5.97 Å². The number of fused-ring (bicyclic) bond motifs is 1. The Hall–Kier alpha value is -1.93. The predicted molar refractivity (Wildman–Crippen MR) is 102 cm³/mol. The number of anilines is 1. The van der Waals surface area contributed by atoms with Gasteiger partial charge in [0.1, 0.15) is 5.00 Å². The van der Waals surface area contributed by atoms with Gasteiger partial charge in [-0.25, -0.2) is 4.79 Å². The lowest BCUT2D eigenvalue weighted by atomic mass is 10.1. The first-order valence-electron chi connectivity index (χ1n) is 8.74. The zero-order valence-electron chi connectivity index (χ0n) is 15.9. The number of esters is 1. The molecule has 144 valence electrons. The molecule has 8 heteroatoms. The van der Waals surface area contributed by atoms with Gasteiger partial charge in [-0.2, -0.15) is 0 Å². The van der Waals surface area contributed by atoms with Gasteiger partial charge in [0.25, 0.3) is 0 Å². The molecule has 1 aliphatic carbocycles. The van der Waals surface area contributed by atoms with E-state index in [1.54, 1.807) is 26.0 Å². The molecule has 1 N–H and O–H groups in total. The third kappa shape index (κ3) is 5.04. The largest absolute Gasteiger partial charge is 0.465 e. The summed E-state index contributed by atoms with van der Waals surface area (Å²) >= 11 is 1.47. The van der Waals surface area contributed by atoms with Crippen LogP contribution < -0.4 is 5.32 Å². The Labute approximate surface area is 158 Å². The van der Waals surface area contributed by atoms with Crippen LogP contribution in [0, 0.1) is 0 Å². The highest BCUT2D eigenvalue weighted by Crippen LogP contribution is 2.37. The first-order chi connectivity index (χ1) is 12.3. The van der Waals surface area contributed by atoms with E-state index in [0.717, 1.165) is 42.5 Å². The molecule has 1 aromatic rings. The van der Waals surface area contributed by atoms with Crippen LogP contribution in [0.25, 0.3) is 0 Å². The van der Waals surface area contributed by atoms with E-state index in [1.807, 2.05) is 0 Å². The van der Waals surface area contributed by atoms with E-state index in [2.05, 4.69) is 5.32 Å². The van der Waals surface area contributed by atoms with Gasteiger partial charge < -0.3 is 15.0 Å². The molecule has 0 unspecified atom stereocenters. The number of amides is 2. The number of methoxy groups -OCH3 is 1. The van der Waals surface area contributed by atoms with E-state index in [-0.39, 0.29) is 24.9 Å². The monoisotopic (exact) mass is 381 g/mol. The summed E-state index contributed by atoms with van der Waals surface area (Å²) in [7, 11) is 6.43. The van der Waals surface area contributed by atoms with E-state index in [9.17, 15) is 14.4 Å². The Bertz CT molecular complexity index is 684. The van der Waals surface area contributed by atoms with Crippen molar-refractivity contribution in [2.24, 2.45) is 0 Å². The highest BCUT2D eigenvalue weighted by atomic mass is 32.1. The van der Waals surface area contributed by atoms with Crippen LogP contribution in [0.2, 0.25) is 0 Å². The molecule has 0 atom stereocenters. The van der Waals surface area contributed by atoms with Crippen molar-refractivity contribution in [1.82, 2.24) is 9.80 Å². The summed E-state index contributed by atoms with van der Waals surface area (Å²) in [6.45, 7) is 0.230. The third-order valence-corrected chi connectivity index (χ3v) is 5.59. The molecule has 0 saturated heterocycles. The minimum Gasteiger partial charge on any atom is -0.465 e. The molecule has 0 aromatic carbocycles. The second kappa shape index (κ2) is 9.14. The molecular formula is C18H27N3O4S. The Morgan fingerprint density at radius 2 is 1.77 bits per heavy atom. The van der Waals surface area contributed by atoms with E-state index >= 15 is 0 Å². The van der Waals surface area contributed by atoms with Crippen molar-refractivity contribution in [2.75, 3.05) is 46.7 Å². The summed E-state index contributed by atoms with van der Waals surface area (Å²) < 4.78 is 4.94. The van der Waals surface area contributed by atoms with E-state index in [1.165, 1.54) is 23.3 Å². The fourth-order valence-electron chi connectivity index (χ4n) is 2.99. The van der Waals surface area contributed by atoms with Gasteiger partial charge in [0, 0.05) is 19.0 Å². The molecule has 0 bridgehead atoms. The summed E-state index contributed by atoms with van der Waals surface area (Å²) in [5, 5.41) is 3.41. The van der Waals surface area contributed by atoms with Crippen molar-refractivity contribution in [2.45, 2.75) is 32.1 Å². The van der Waals surface area contributed by atoms with Crippen molar-refractivity contribution in [3.05, 3.63) is 16.0 Å². The zero-order valence-corrected chi connectivity index (χ0v) is 16.7. The summed E-state index contributed by atoms with van der Waals surface area (Å²) in [6, 6.07) is 0. The molecular weight excluding hydrogens is 354 g/mol. The second-order valence-electron chi connectivity index (χ2n) is 6.77. The van der Waals surface area contributed by atoms with Crippen LogP contribution in [0.4, 0.5) is 5.00 Å². The fraction of sp³-hybridized carbons (Fsp3) is 0.611. The molecule has 2 rings (SSSR count). The molecule has 1 aliphatic rings. The summed E-state index contributed by atoms with van der Waals surface area (Å²) in [5.74, 6) is -0.727. The normalized spacial score (nSPS) is 13.7. The molecule has 0 radical (unpaired) electrons. The summed E-state index contributed by atoms with van der Waals surface area (Å²) in [4.78, 5) is 40.7. The SMILES string of the molecule is COC(=O)c1c(NC(=O)CN(C)CC(=O)N(C)C)sc2c1CCCCC2. The van der Waals surface area contributed by atoms with Gasteiger partial charge >= 0.3 is 5.97 Å². The van der Waals surface area contributed by atoms with Gasteiger partial charge in [-0.15, -0.1) is 11.3 Å². The van der Waals surface area contributed by atoms with E-state index in [4.69, 9.17) is 4.74 Å². The Morgan fingerprint density at radius 1 is 1.08 bits per heavy atom. The number of nitrogens with zero attached hydrogens (tertiary/aromatic N) is 2. The predicted octanol–water partition coefficient (Wildman–Crippen LogP) is 1.76. The number of hydrogen-bond donors (Lipinski definition) is 1.